The zero-order valence-electron chi connectivity index (χ0n) is 19.6. The number of aromatic nitrogens is 3. The lowest BCUT2D eigenvalue weighted by Crippen LogP contribution is -2.34. The number of carboxylic acid groups (broad SMARTS) is 1. The number of nitrogens with two attached hydrogens (primary N) is 1. The maximum absolute atomic E-state index is 14.4. The predicted molar refractivity (Wildman–Crippen MR) is 123 cm³/mol. The molecule has 2 heterocycles. The SMILES string of the molecule is CC(C)c1cc(F)cc(-c2ccnc(OCC(C)(C)n3cc(F)c(S(N)(=O)=O)n3)c2)c1CC(=O)O. The van der Waals surface area contributed by atoms with Crippen LogP contribution in [0.2, 0.25) is 0 Å². The number of primary sulfonamides is 1. The van der Waals surface area contributed by atoms with Crippen LogP contribution >= 0.6 is 0 Å². The number of nitrogens with zero attached hydrogens (tertiary/aromatic N) is 3. The molecule has 1 aromatic carbocycles. The Bertz CT molecular complexity index is 1370. The van der Waals surface area contributed by atoms with Gasteiger partial charge in [-0.15, -0.1) is 0 Å². The van der Waals surface area contributed by atoms with Crippen LogP contribution in [-0.4, -0.2) is 40.9 Å². The summed E-state index contributed by atoms with van der Waals surface area (Å²) in [5.74, 6) is -2.58. The summed E-state index contributed by atoms with van der Waals surface area (Å²) in [6.45, 7) is 6.90. The zero-order valence-corrected chi connectivity index (χ0v) is 20.4. The quantitative estimate of drug-likeness (QED) is 0.452. The minimum absolute atomic E-state index is 0.0863. The van der Waals surface area contributed by atoms with Gasteiger partial charge in [0.2, 0.25) is 10.9 Å². The van der Waals surface area contributed by atoms with E-state index in [-0.39, 0.29) is 24.8 Å². The lowest BCUT2D eigenvalue weighted by atomic mass is 9.88. The smallest absolute Gasteiger partial charge is 0.307 e. The van der Waals surface area contributed by atoms with Crippen LogP contribution in [-0.2, 0) is 26.8 Å². The van der Waals surface area contributed by atoms with Gasteiger partial charge in [0.05, 0.1) is 18.2 Å². The molecule has 0 unspecified atom stereocenters. The highest BCUT2D eigenvalue weighted by Gasteiger charge is 2.28. The molecular weight excluding hydrogens is 482 g/mol. The summed E-state index contributed by atoms with van der Waals surface area (Å²) in [5, 5.41) is 17.3. The number of sulfonamides is 1. The number of hydrogen-bond acceptors (Lipinski definition) is 6. The fourth-order valence-corrected chi connectivity index (χ4v) is 4.12. The molecular formula is C23H26F2N4O5S. The molecule has 0 aliphatic carbocycles. The third-order valence-electron chi connectivity index (χ3n) is 5.35. The number of halogens is 2. The Kier molecular flexibility index (Phi) is 7.27. The number of aliphatic carboxylic acids is 1. The lowest BCUT2D eigenvalue weighted by Gasteiger charge is -2.25. The summed E-state index contributed by atoms with van der Waals surface area (Å²) in [6.07, 6.45) is 2.06. The standard InChI is InChI=1S/C23H26F2N4O5S/c1-13(2)16-8-15(24)9-17(18(16)10-21(30)31)14-5-6-27-20(7-14)34-12-23(3,4)29-11-19(25)22(28-29)35(26,32)33/h5-9,11,13H,10,12H2,1-4H3,(H,30,31)(H2,26,32,33). The number of carbonyl (C=O) groups is 1. The highest BCUT2D eigenvalue weighted by molar-refractivity contribution is 7.89. The van der Waals surface area contributed by atoms with Crippen molar-refractivity contribution in [2.24, 2.45) is 5.14 Å². The van der Waals surface area contributed by atoms with Crippen molar-refractivity contribution in [3.05, 3.63) is 59.4 Å². The van der Waals surface area contributed by atoms with Crippen molar-refractivity contribution in [1.82, 2.24) is 14.8 Å². The van der Waals surface area contributed by atoms with Crippen LogP contribution in [0.1, 0.15) is 44.7 Å². The Hall–Kier alpha value is -3.38. The van der Waals surface area contributed by atoms with Gasteiger partial charge in [-0.1, -0.05) is 13.8 Å². The monoisotopic (exact) mass is 508 g/mol. The van der Waals surface area contributed by atoms with Gasteiger partial charge in [-0.2, -0.15) is 5.10 Å². The summed E-state index contributed by atoms with van der Waals surface area (Å²) in [6, 6.07) is 5.77. The van der Waals surface area contributed by atoms with E-state index >= 15 is 0 Å². The van der Waals surface area contributed by atoms with E-state index in [1.165, 1.54) is 18.3 Å². The molecule has 0 amide bonds. The van der Waals surface area contributed by atoms with E-state index in [9.17, 15) is 27.1 Å². The first kappa shape index (κ1) is 26.2. The molecule has 35 heavy (non-hydrogen) atoms. The van der Waals surface area contributed by atoms with Gasteiger partial charge in [0.1, 0.15) is 12.4 Å². The normalized spacial score (nSPS) is 12.2. The summed E-state index contributed by atoms with van der Waals surface area (Å²) < 4.78 is 58.3. The van der Waals surface area contributed by atoms with E-state index in [1.807, 2.05) is 13.8 Å². The molecule has 3 aromatic rings. The Morgan fingerprint density at radius 1 is 1.26 bits per heavy atom. The van der Waals surface area contributed by atoms with Crippen LogP contribution in [0.5, 0.6) is 5.88 Å². The lowest BCUT2D eigenvalue weighted by molar-refractivity contribution is -0.136. The largest absolute Gasteiger partial charge is 0.481 e. The van der Waals surface area contributed by atoms with Crippen molar-refractivity contribution >= 4 is 16.0 Å². The fraction of sp³-hybridized carbons (Fsp3) is 0.348. The molecule has 3 rings (SSSR count). The van der Waals surface area contributed by atoms with Gasteiger partial charge in [0.25, 0.3) is 10.0 Å². The van der Waals surface area contributed by atoms with Crippen molar-refractivity contribution in [3.63, 3.8) is 0 Å². The number of hydrogen-bond donors (Lipinski definition) is 2. The second kappa shape index (κ2) is 9.70. The van der Waals surface area contributed by atoms with E-state index in [2.05, 4.69) is 10.1 Å². The van der Waals surface area contributed by atoms with E-state index in [4.69, 9.17) is 9.88 Å². The molecule has 12 heteroatoms. The van der Waals surface area contributed by atoms with Gasteiger partial charge < -0.3 is 9.84 Å². The van der Waals surface area contributed by atoms with Crippen molar-refractivity contribution in [2.45, 2.75) is 50.6 Å². The summed E-state index contributed by atoms with van der Waals surface area (Å²) in [4.78, 5) is 15.6. The maximum Gasteiger partial charge on any atom is 0.307 e. The number of rotatable bonds is 9. The summed E-state index contributed by atoms with van der Waals surface area (Å²) in [7, 11) is -4.33. The third-order valence-corrected chi connectivity index (χ3v) is 6.16. The fourth-order valence-electron chi connectivity index (χ4n) is 3.59. The summed E-state index contributed by atoms with van der Waals surface area (Å²) >= 11 is 0. The third kappa shape index (κ3) is 6.01. The molecule has 188 valence electrons. The molecule has 9 nitrogen and oxygen atoms in total. The number of benzene rings is 1. The molecule has 0 bridgehead atoms. The van der Waals surface area contributed by atoms with Gasteiger partial charge in [0, 0.05) is 12.3 Å². The minimum atomic E-state index is -4.33. The average Bonchev–Trinajstić information content (AvgIpc) is 3.16. The van der Waals surface area contributed by atoms with Gasteiger partial charge in [-0.25, -0.2) is 27.3 Å². The Labute approximate surface area is 201 Å². The number of carboxylic acids is 1. The Morgan fingerprint density at radius 3 is 2.51 bits per heavy atom. The first-order chi connectivity index (χ1) is 16.2. The van der Waals surface area contributed by atoms with Crippen molar-refractivity contribution in [1.29, 1.82) is 0 Å². The molecule has 3 N–H and O–H groups in total. The predicted octanol–water partition coefficient (Wildman–Crippen LogP) is 3.44. The highest BCUT2D eigenvalue weighted by atomic mass is 32.2. The number of pyridine rings is 1. The van der Waals surface area contributed by atoms with Gasteiger partial charge in [0.15, 0.2) is 5.82 Å². The zero-order chi connectivity index (χ0) is 26.1. The Morgan fingerprint density at radius 2 is 1.94 bits per heavy atom. The van der Waals surface area contributed by atoms with Crippen LogP contribution < -0.4 is 9.88 Å². The highest BCUT2D eigenvalue weighted by Crippen LogP contribution is 2.33. The second-order valence-electron chi connectivity index (χ2n) is 9.00. The molecule has 2 aromatic heterocycles. The van der Waals surface area contributed by atoms with Crippen molar-refractivity contribution in [3.8, 4) is 17.0 Å². The van der Waals surface area contributed by atoms with Crippen molar-refractivity contribution < 1.29 is 31.8 Å². The van der Waals surface area contributed by atoms with E-state index < -0.39 is 38.2 Å². The van der Waals surface area contributed by atoms with Gasteiger partial charge in [-0.05, 0) is 60.2 Å². The molecule has 0 radical (unpaired) electrons. The number of ether oxygens (including phenoxy) is 1. The van der Waals surface area contributed by atoms with E-state index in [0.717, 1.165) is 10.9 Å². The molecule has 0 saturated heterocycles. The topological polar surface area (TPSA) is 137 Å². The van der Waals surface area contributed by atoms with Crippen LogP contribution in [0.15, 0.2) is 41.7 Å². The van der Waals surface area contributed by atoms with Crippen LogP contribution in [0.4, 0.5) is 8.78 Å². The average molecular weight is 509 g/mol. The molecule has 0 atom stereocenters. The molecule has 0 spiro atoms. The van der Waals surface area contributed by atoms with Gasteiger partial charge >= 0.3 is 5.97 Å². The molecule has 0 aliphatic rings. The molecule has 0 aliphatic heterocycles. The Balaban J connectivity index is 1.93. The second-order valence-corrected chi connectivity index (χ2v) is 10.5. The molecule has 0 saturated carbocycles. The van der Waals surface area contributed by atoms with Crippen LogP contribution in [0, 0.1) is 11.6 Å². The van der Waals surface area contributed by atoms with Crippen LogP contribution in [0.25, 0.3) is 11.1 Å². The summed E-state index contributed by atoms with van der Waals surface area (Å²) in [5.41, 5.74) is 1.00. The van der Waals surface area contributed by atoms with E-state index in [1.54, 1.807) is 26.0 Å². The maximum atomic E-state index is 14.4. The van der Waals surface area contributed by atoms with E-state index in [0.29, 0.717) is 22.3 Å². The van der Waals surface area contributed by atoms with Crippen LogP contribution in [0.3, 0.4) is 0 Å². The van der Waals surface area contributed by atoms with Crippen molar-refractivity contribution in [2.75, 3.05) is 6.61 Å². The first-order valence-electron chi connectivity index (χ1n) is 10.6. The minimum Gasteiger partial charge on any atom is -0.481 e. The first-order valence-corrected chi connectivity index (χ1v) is 12.2. The molecule has 0 fully saturated rings. The van der Waals surface area contributed by atoms with Gasteiger partial charge in [-0.3, -0.25) is 9.48 Å².